The zero-order valence-corrected chi connectivity index (χ0v) is 13.7. The topological polar surface area (TPSA) is 62.8 Å². The lowest BCUT2D eigenvalue weighted by atomic mass is 9.87. The van der Waals surface area contributed by atoms with Crippen LogP contribution in [0.25, 0.3) is 0 Å². The molecule has 0 saturated carbocycles. The Morgan fingerprint density at radius 2 is 1.71 bits per heavy atom. The summed E-state index contributed by atoms with van der Waals surface area (Å²) in [5, 5.41) is 8.44. The Bertz CT molecular complexity index is 655. The Balaban J connectivity index is 2.30. The molecule has 1 aromatic heterocycles. The van der Waals surface area contributed by atoms with Crippen LogP contribution in [-0.2, 0) is 5.41 Å². The Labute approximate surface area is 130 Å². The largest absolute Gasteiger partial charge is 0.384 e. The van der Waals surface area contributed by atoms with Crippen molar-refractivity contribution in [1.29, 1.82) is 5.41 Å². The van der Waals surface area contributed by atoms with Crippen molar-refractivity contribution in [2.24, 2.45) is 5.73 Å². The minimum Gasteiger partial charge on any atom is -0.384 e. The van der Waals surface area contributed by atoms with Gasteiger partial charge in [-0.15, -0.1) is 0 Å². The highest BCUT2D eigenvalue weighted by atomic mass is 32.2. The van der Waals surface area contributed by atoms with Gasteiger partial charge in [0.05, 0.1) is 0 Å². The molecule has 0 saturated heterocycles. The second-order valence-electron chi connectivity index (χ2n) is 6.10. The van der Waals surface area contributed by atoms with Gasteiger partial charge in [0, 0.05) is 16.2 Å². The third kappa shape index (κ3) is 3.85. The van der Waals surface area contributed by atoms with Crippen molar-refractivity contribution in [2.45, 2.75) is 43.0 Å². The van der Waals surface area contributed by atoms with Gasteiger partial charge in [0.25, 0.3) is 0 Å². The summed E-state index contributed by atoms with van der Waals surface area (Å²) >= 11 is 1.54. The van der Waals surface area contributed by atoms with Crippen molar-refractivity contribution in [3.8, 4) is 0 Å². The minimum absolute atomic E-state index is 0.0521. The van der Waals surface area contributed by atoms with Crippen LogP contribution in [0.3, 0.4) is 0 Å². The van der Waals surface area contributed by atoms with Crippen LogP contribution in [0.5, 0.6) is 0 Å². The Morgan fingerprint density at radius 1 is 1.10 bits per heavy atom. The number of amidine groups is 1. The lowest BCUT2D eigenvalue weighted by molar-refractivity contribution is 0.590. The van der Waals surface area contributed by atoms with Gasteiger partial charge in [0.15, 0.2) is 0 Å². The van der Waals surface area contributed by atoms with Gasteiger partial charge >= 0.3 is 0 Å². The van der Waals surface area contributed by atoms with E-state index in [9.17, 15) is 0 Å². The first-order chi connectivity index (χ1) is 9.77. The maximum Gasteiger partial charge on any atom is 0.125 e. The van der Waals surface area contributed by atoms with Gasteiger partial charge in [-0.05, 0) is 42.2 Å². The standard InChI is InChI=1S/C17H21N3S/c1-11-5-10-14(15(18)19)16(20-11)21-13-8-6-12(7-9-13)17(2,3)4/h5-10H,1-4H3,(H3,18,19). The van der Waals surface area contributed by atoms with E-state index in [0.717, 1.165) is 15.6 Å². The third-order valence-corrected chi connectivity index (χ3v) is 4.24. The molecule has 0 unspecified atom stereocenters. The van der Waals surface area contributed by atoms with Gasteiger partial charge in [-0.1, -0.05) is 44.7 Å². The first-order valence-corrected chi connectivity index (χ1v) is 7.69. The molecule has 0 radical (unpaired) electrons. The first-order valence-electron chi connectivity index (χ1n) is 6.88. The number of aryl methyl sites for hydroxylation is 1. The molecule has 3 N–H and O–H groups in total. The number of nitrogen functional groups attached to an aromatic ring is 1. The number of nitrogens with zero attached hydrogens (tertiary/aromatic N) is 1. The maximum atomic E-state index is 7.65. The molecule has 0 amide bonds. The molecule has 0 atom stereocenters. The van der Waals surface area contributed by atoms with E-state index in [-0.39, 0.29) is 11.3 Å². The quantitative estimate of drug-likeness (QED) is 0.662. The second-order valence-corrected chi connectivity index (χ2v) is 7.16. The monoisotopic (exact) mass is 299 g/mol. The molecule has 3 nitrogen and oxygen atoms in total. The molecule has 110 valence electrons. The zero-order chi connectivity index (χ0) is 15.6. The number of pyridine rings is 1. The Hall–Kier alpha value is -1.81. The van der Waals surface area contributed by atoms with Crippen LogP contribution in [0.2, 0.25) is 0 Å². The fourth-order valence-corrected chi connectivity index (χ4v) is 2.92. The van der Waals surface area contributed by atoms with Gasteiger partial charge in [-0.25, -0.2) is 4.98 Å². The van der Waals surface area contributed by atoms with E-state index in [0.29, 0.717) is 5.56 Å². The molecule has 0 aliphatic heterocycles. The summed E-state index contributed by atoms with van der Waals surface area (Å²) in [6.45, 7) is 8.54. The van der Waals surface area contributed by atoms with Crippen molar-refractivity contribution in [3.05, 3.63) is 53.2 Å². The third-order valence-electron chi connectivity index (χ3n) is 3.22. The number of hydrogen-bond donors (Lipinski definition) is 2. The molecular weight excluding hydrogens is 278 g/mol. The van der Waals surface area contributed by atoms with E-state index in [2.05, 4.69) is 50.0 Å². The fourth-order valence-electron chi connectivity index (χ4n) is 1.95. The van der Waals surface area contributed by atoms with Crippen molar-refractivity contribution in [3.63, 3.8) is 0 Å². The normalized spacial score (nSPS) is 11.4. The van der Waals surface area contributed by atoms with Crippen molar-refractivity contribution >= 4 is 17.6 Å². The van der Waals surface area contributed by atoms with Gasteiger partial charge in [0.1, 0.15) is 10.9 Å². The summed E-state index contributed by atoms with van der Waals surface area (Å²) in [5.74, 6) is 0.0521. The molecule has 1 aromatic carbocycles. The van der Waals surface area contributed by atoms with E-state index in [1.165, 1.54) is 5.56 Å². The van der Waals surface area contributed by atoms with Crippen LogP contribution in [0.1, 0.15) is 37.6 Å². The molecule has 2 aromatic rings. The molecule has 0 bridgehead atoms. The number of rotatable bonds is 3. The van der Waals surface area contributed by atoms with Crippen LogP contribution in [0.4, 0.5) is 0 Å². The number of aromatic nitrogens is 1. The van der Waals surface area contributed by atoms with Crippen LogP contribution < -0.4 is 5.73 Å². The van der Waals surface area contributed by atoms with Crippen LogP contribution in [0.15, 0.2) is 46.3 Å². The van der Waals surface area contributed by atoms with Crippen molar-refractivity contribution in [2.75, 3.05) is 0 Å². The molecule has 21 heavy (non-hydrogen) atoms. The Kier molecular flexibility index (Phi) is 4.37. The van der Waals surface area contributed by atoms with Crippen molar-refractivity contribution < 1.29 is 0 Å². The second kappa shape index (κ2) is 5.90. The van der Waals surface area contributed by atoms with Gasteiger partial charge in [-0.2, -0.15) is 0 Å². The number of nitrogens with two attached hydrogens (primary N) is 1. The lowest BCUT2D eigenvalue weighted by Gasteiger charge is -2.19. The molecule has 0 spiro atoms. The summed E-state index contributed by atoms with van der Waals surface area (Å²) in [7, 11) is 0. The summed E-state index contributed by atoms with van der Waals surface area (Å²) < 4.78 is 0. The van der Waals surface area contributed by atoms with Gasteiger partial charge in [0.2, 0.25) is 0 Å². The predicted octanol–water partition coefficient (Wildman–Crippen LogP) is 4.12. The summed E-state index contributed by atoms with van der Waals surface area (Å²) in [6, 6.07) is 12.2. The maximum absolute atomic E-state index is 7.65. The SMILES string of the molecule is Cc1ccc(C(=N)N)c(Sc2ccc(C(C)(C)C)cc2)n1. The highest BCUT2D eigenvalue weighted by Gasteiger charge is 2.14. The van der Waals surface area contributed by atoms with E-state index in [4.69, 9.17) is 11.1 Å². The van der Waals surface area contributed by atoms with Crippen LogP contribution >= 0.6 is 11.8 Å². The number of hydrogen-bond acceptors (Lipinski definition) is 3. The first kappa shape index (κ1) is 15.6. The summed E-state index contributed by atoms with van der Waals surface area (Å²) in [4.78, 5) is 5.60. The smallest absolute Gasteiger partial charge is 0.125 e. The molecule has 0 aliphatic rings. The molecule has 0 fully saturated rings. The van der Waals surface area contributed by atoms with E-state index in [1.54, 1.807) is 11.8 Å². The summed E-state index contributed by atoms with van der Waals surface area (Å²) in [6.07, 6.45) is 0. The van der Waals surface area contributed by atoms with Crippen LogP contribution in [0, 0.1) is 12.3 Å². The van der Waals surface area contributed by atoms with E-state index >= 15 is 0 Å². The minimum atomic E-state index is 0.0521. The molecule has 1 heterocycles. The number of nitrogens with one attached hydrogen (secondary N) is 1. The molecule has 0 aliphatic carbocycles. The molecular formula is C17H21N3S. The lowest BCUT2D eigenvalue weighted by Crippen LogP contribution is -2.13. The zero-order valence-electron chi connectivity index (χ0n) is 12.9. The van der Waals surface area contributed by atoms with E-state index < -0.39 is 0 Å². The average Bonchev–Trinajstić information content (AvgIpc) is 2.38. The predicted molar refractivity (Wildman–Crippen MR) is 89.3 cm³/mol. The fraction of sp³-hybridized carbons (Fsp3) is 0.294. The Morgan fingerprint density at radius 3 is 2.24 bits per heavy atom. The van der Waals surface area contributed by atoms with Crippen molar-refractivity contribution in [1.82, 2.24) is 4.98 Å². The molecule has 2 rings (SSSR count). The highest BCUT2D eigenvalue weighted by molar-refractivity contribution is 7.99. The van der Waals surface area contributed by atoms with Crippen LogP contribution in [-0.4, -0.2) is 10.8 Å². The summed E-state index contributed by atoms with van der Waals surface area (Å²) in [5.41, 5.74) is 8.69. The highest BCUT2D eigenvalue weighted by Crippen LogP contribution is 2.31. The molecule has 4 heteroatoms. The number of benzene rings is 1. The van der Waals surface area contributed by atoms with E-state index in [1.807, 2.05) is 19.1 Å². The van der Waals surface area contributed by atoms with Gasteiger partial charge in [-0.3, -0.25) is 5.41 Å². The average molecular weight is 299 g/mol. The van der Waals surface area contributed by atoms with Gasteiger partial charge < -0.3 is 5.73 Å².